The average Bonchev–Trinajstić information content (AvgIpc) is 2.67. The number of anilines is 1. The Morgan fingerprint density at radius 3 is 2.68 bits per heavy atom. The molecule has 2 heterocycles. The normalized spacial score (nSPS) is 25.0. The van der Waals surface area contributed by atoms with Crippen molar-refractivity contribution in [2.24, 2.45) is 5.92 Å². The molecule has 0 aromatic carbocycles. The molecule has 1 saturated heterocycles. The summed E-state index contributed by atoms with van der Waals surface area (Å²) in [5.41, 5.74) is 0. The minimum Gasteiger partial charge on any atom is -0.368 e. The molecule has 1 aromatic heterocycles. The van der Waals surface area contributed by atoms with Crippen LogP contribution in [0.3, 0.4) is 0 Å². The molecule has 1 aliphatic heterocycles. The number of aromatic nitrogens is 1. The summed E-state index contributed by atoms with van der Waals surface area (Å²) in [5, 5.41) is 0. The first-order chi connectivity index (χ1) is 12.1. The Labute approximate surface area is 151 Å². The third-order valence-corrected chi connectivity index (χ3v) is 5.83. The highest BCUT2D eigenvalue weighted by molar-refractivity contribution is 5.77. The number of ether oxygens (including phenoxy) is 1. The Bertz CT molecular complexity index is 543. The molecule has 2 fully saturated rings. The van der Waals surface area contributed by atoms with Gasteiger partial charge < -0.3 is 14.5 Å². The van der Waals surface area contributed by atoms with Crippen LogP contribution in [0.5, 0.6) is 0 Å². The van der Waals surface area contributed by atoms with Gasteiger partial charge in [-0.05, 0) is 43.7 Å². The molecule has 2 atom stereocenters. The molecule has 1 amide bonds. The van der Waals surface area contributed by atoms with Gasteiger partial charge in [-0.2, -0.15) is 0 Å². The van der Waals surface area contributed by atoms with Crippen molar-refractivity contribution >= 4 is 11.7 Å². The van der Waals surface area contributed by atoms with E-state index >= 15 is 0 Å². The molecule has 5 heteroatoms. The molecule has 2 aliphatic rings. The van der Waals surface area contributed by atoms with Crippen molar-refractivity contribution in [1.82, 2.24) is 9.88 Å². The van der Waals surface area contributed by atoms with E-state index in [0.29, 0.717) is 12.0 Å². The largest absolute Gasteiger partial charge is 0.368 e. The average molecular weight is 345 g/mol. The smallest absolute Gasteiger partial charge is 0.248 e. The fourth-order valence-corrected chi connectivity index (χ4v) is 4.04. The summed E-state index contributed by atoms with van der Waals surface area (Å²) in [6, 6.07) is 6.32. The Morgan fingerprint density at radius 2 is 2.00 bits per heavy atom. The van der Waals surface area contributed by atoms with Crippen molar-refractivity contribution in [3.05, 3.63) is 24.4 Å². The van der Waals surface area contributed by atoms with Gasteiger partial charge in [0.2, 0.25) is 5.91 Å². The van der Waals surface area contributed by atoms with Crippen molar-refractivity contribution in [2.45, 2.75) is 57.6 Å². The lowest BCUT2D eigenvalue weighted by Crippen LogP contribution is -2.47. The molecule has 0 spiro atoms. The Hall–Kier alpha value is -1.62. The highest BCUT2D eigenvalue weighted by Crippen LogP contribution is 2.26. The van der Waals surface area contributed by atoms with Crippen LogP contribution in [0, 0.1) is 5.92 Å². The van der Waals surface area contributed by atoms with Gasteiger partial charge >= 0.3 is 0 Å². The molecule has 3 rings (SSSR count). The van der Waals surface area contributed by atoms with Crippen molar-refractivity contribution in [3.8, 4) is 0 Å². The summed E-state index contributed by atoms with van der Waals surface area (Å²) in [4.78, 5) is 21.1. The Morgan fingerprint density at radius 1 is 1.24 bits per heavy atom. The van der Waals surface area contributed by atoms with E-state index in [4.69, 9.17) is 4.74 Å². The molecule has 0 radical (unpaired) electrons. The number of carbonyl (C=O) groups is 1. The highest BCUT2D eigenvalue weighted by atomic mass is 16.5. The van der Waals surface area contributed by atoms with Gasteiger partial charge in [0.1, 0.15) is 12.4 Å². The van der Waals surface area contributed by atoms with Gasteiger partial charge in [-0.1, -0.05) is 25.8 Å². The minimum absolute atomic E-state index is 0.119. The van der Waals surface area contributed by atoms with E-state index in [1.165, 1.54) is 19.3 Å². The maximum Gasteiger partial charge on any atom is 0.248 e. The standard InChI is InChI=1S/C20H31N3O2/c1-16-7-3-4-8-18(16)25-15-20(24)22(2)17-10-13-23(14-11-17)19-9-5-6-12-21-19/h5-6,9,12,16-18H,3-4,7-8,10-11,13-15H2,1-2H3. The summed E-state index contributed by atoms with van der Waals surface area (Å²) in [7, 11) is 1.93. The van der Waals surface area contributed by atoms with Crippen LogP contribution in [0.2, 0.25) is 0 Å². The van der Waals surface area contributed by atoms with E-state index < -0.39 is 0 Å². The van der Waals surface area contributed by atoms with Crippen LogP contribution in [0.15, 0.2) is 24.4 Å². The van der Waals surface area contributed by atoms with Gasteiger partial charge in [0.05, 0.1) is 6.10 Å². The fraction of sp³-hybridized carbons (Fsp3) is 0.700. The van der Waals surface area contributed by atoms with Crippen LogP contribution < -0.4 is 4.90 Å². The van der Waals surface area contributed by atoms with Crippen LogP contribution in [-0.2, 0) is 9.53 Å². The van der Waals surface area contributed by atoms with Crippen LogP contribution in [0.1, 0.15) is 45.4 Å². The first kappa shape index (κ1) is 18.2. The van der Waals surface area contributed by atoms with E-state index in [1.54, 1.807) is 0 Å². The number of rotatable bonds is 5. The molecular formula is C20H31N3O2. The topological polar surface area (TPSA) is 45.7 Å². The van der Waals surface area contributed by atoms with Crippen molar-refractivity contribution < 1.29 is 9.53 Å². The molecule has 5 nitrogen and oxygen atoms in total. The van der Waals surface area contributed by atoms with Crippen LogP contribution in [0.4, 0.5) is 5.82 Å². The lowest BCUT2D eigenvalue weighted by atomic mass is 9.88. The molecule has 138 valence electrons. The van der Waals surface area contributed by atoms with Gasteiger partial charge in [0, 0.05) is 32.4 Å². The summed E-state index contributed by atoms with van der Waals surface area (Å²) >= 11 is 0. The van der Waals surface area contributed by atoms with Gasteiger partial charge in [0.25, 0.3) is 0 Å². The number of pyridine rings is 1. The third-order valence-electron chi connectivity index (χ3n) is 5.83. The van der Waals surface area contributed by atoms with Crippen LogP contribution in [0.25, 0.3) is 0 Å². The second kappa shape index (κ2) is 8.65. The number of amides is 1. The summed E-state index contributed by atoms with van der Waals surface area (Å²) in [6.07, 6.45) is 8.91. The van der Waals surface area contributed by atoms with Crippen molar-refractivity contribution in [3.63, 3.8) is 0 Å². The zero-order valence-corrected chi connectivity index (χ0v) is 15.6. The first-order valence-electron chi connectivity index (χ1n) is 9.68. The van der Waals surface area contributed by atoms with Gasteiger partial charge in [0.15, 0.2) is 0 Å². The summed E-state index contributed by atoms with van der Waals surface area (Å²) in [5.74, 6) is 1.73. The molecule has 1 aliphatic carbocycles. The predicted octanol–water partition coefficient (Wildman–Crippen LogP) is 3.10. The number of carbonyl (C=O) groups excluding carboxylic acids is 1. The quantitative estimate of drug-likeness (QED) is 0.823. The molecule has 0 N–H and O–H groups in total. The van der Waals surface area contributed by atoms with E-state index in [9.17, 15) is 4.79 Å². The number of nitrogens with zero attached hydrogens (tertiary/aromatic N) is 3. The molecule has 1 aromatic rings. The van der Waals surface area contributed by atoms with E-state index in [1.807, 2.05) is 36.3 Å². The minimum atomic E-state index is 0.119. The SMILES string of the molecule is CC1CCCCC1OCC(=O)N(C)C1CCN(c2ccccn2)CC1. The zero-order valence-electron chi connectivity index (χ0n) is 15.6. The fourth-order valence-electron chi connectivity index (χ4n) is 4.04. The molecule has 25 heavy (non-hydrogen) atoms. The monoisotopic (exact) mass is 345 g/mol. The molecular weight excluding hydrogens is 314 g/mol. The highest BCUT2D eigenvalue weighted by Gasteiger charge is 2.27. The number of likely N-dealkylation sites (N-methyl/N-ethyl adjacent to an activating group) is 1. The second-order valence-electron chi connectivity index (χ2n) is 7.52. The van der Waals surface area contributed by atoms with Gasteiger partial charge in [-0.25, -0.2) is 4.98 Å². The number of hydrogen-bond donors (Lipinski definition) is 0. The lowest BCUT2D eigenvalue weighted by Gasteiger charge is -2.37. The first-order valence-corrected chi connectivity index (χ1v) is 9.68. The molecule has 0 bridgehead atoms. The van der Waals surface area contributed by atoms with Crippen LogP contribution in [-0.4, -0.2) is 54.7 Å². The second-order valence-corrected chi connectivity index (χ2v) is 7.52. The maximum atomic E-state index is 12.5. The number of piperidine rings is 1. The zero-order chi connectivity index (χ0) is 17.6. The van der Waals surface area contributed by atoms with Crippen molar-refractivity contribution in [1.29, 1.82) is 0 Å². The van der Waals surface area contributed by atoms with E-state index in [2.05, 4.69) is 16.8 Å². The maximum absolute atomic E-state index is 12.5. The lowest BCUT2D eigenvalue weighted by molar-refractivity contribution is -0.141. The van der Waals surface area contributed by atoms with Crippen LogP contribution >= 0.6 is 0 Å². The van der Waals surface area contributed by atoms with E-state index in [0.717, 1.165) is 38.2 Å². The Kier molecular flexibility index (Phi) is 6.29. The Balaban J connectivity index is 1.43. The molecule has 1 saturated carbocycles. The van der Waals surface area contributed by atoms with Crippen molar-refractivity contribution in [2.75, 3.05) is 31.6 Å². The predicted molar refractivity (Wildman–Crippen MR) is 99.6 cm³/mol. The third kappa shape index (κ3) is 4.72. The van der Waals surface area contributed by atoms with Gasteiger partial charge in [-0.3, -0.25) is 4.79 Å². The van der Waals surface area contributed by atoms with E-state index in [-0.39, 0.29) is 18.6 Å². The summed E-state index contributed by atoms with van der Waals surface area (Å²) < 4.78 is 5.95. The molecule has 2 unspecified atom stereocenters. The number of hydrogen-bond acceptors (Lipinski definition) is 4. The van der Waals surface area contributed by atoms with Gasteiger partial charge in [-0.15, -0.1) is 0 Å². The summed E-state index contributed by atoms with van der Waals surface area (Å²) in [6.45, 7) is 4.36.